The van der Waals surface area contributed by atoms with E-state index in [2.05, 4.69) is 44.9 Å². The molecule has 0 spiro atoms. The van der Waals surface area contributed by atoms with E-state index in [1.807, 2.05) is 18.2 Å². The summed E-state index contributed by atoms with van der Waals surface area (Å²) >= 11 is 0. The van der Waals surface area contributed by atoms with Crippen molar-refractivity contribution in [3.63, 3.8) is 0 Å². The number of likely N-dealkylation sites (N-methyl/N-ethyl adjacent to an activating group) is 1. The first kappa shape index (κ1) is 15.7. The minimum absolute atomic E-state index is 0.0979. The molecular weight excluding hydrogens is 290 g/mol. The Labute approximate surface area is 136 Å². The van der Waals surface area contributed by atoms with Crippen molar-refractivity contribution in [2.24, 2.45) is 0 Å². The number of nitrogens with one attached hydrogen (secondary N) is 3. The van der Waals surface area contributed by atoms with Gasteiger partial charge in [-0.25, -0.2) is 0 Å². The van der Waals surface area contributed by atoms with Crippen LogP contribution in [0.25, 0.3) is 0 Å². The van der Waals surface area contributed by atoms with Crippen LogP contribution < -0.4 is 10.6 Å². The van der Waals surface area contributed by atoms with Crippen molar-refractivity contribution in [2.45, 2.75) is 19.5 Å². The standard InChI is InChI=1S/C17H23N5O/c1-22(12-13-5-3-2-4-6-13)10-9-19-17(23)16-14-11-18-8-7-15(14)20-21-16/h2-6,18H,7-12H2,1H3,(H,19,23)(H,20,21). The van der Waals surface area contributed by atoms with Crippen molar-refractivity contribution in [3.05, 3.63) is 52.8 Å². The third kappa shape index (κ3) is 3.97. The summed E-state index contributed by atoms with van der Waals surface area (Å²) < 4.78 is 0. The lowest BCUT2D eigenvalue weighted by Crippen LogP contribution is -2.34. The minimum Gasteiger partial charge on any atom is -0.349 e. The molecule has 23 heavy (non-hydrogen) atoms. The SMILES string of the molecule is CN(CCNC(=O)c1n[nH]c2c1CNCC2)Cc1ccccc1. The van der Waals surface area contributed by atoms with Crippen LogP contribution in [0.3, 0.4) is 0 Å². The second kappa shape index (κ2) is 7.39. The van der Waals surface area contributed by atoms with Crippen molar-refractivity contribution in [1.82, 2.24) is 25.7 Å². The van der Waals surface area contributed by atoms with E-state index < -0.39 is 0 Å². The van der Waals surface area contributed by atoms with E-state index in [0.29, 0.717) is 18.8 Å². The van der Waals surface area contributed by atoms with Crippen molar-refractivity contribution in [1.29, 1.82) is 0 Å². The largest absolute Gasteiger partial charge is 0.349 e. The predicted molar refractivity (Wildman–Crippen MR) is 89.1 cm³/mol. The molecule has 0 aliphatic carbocycles. The van der Waals surface area contributed by atoms with Gasteiger partial charge in [-0.2, -0.15) is 5.10 Å². The Bertz CT molecular complexity index is 652. The second-order valence-corrected chi connectivity index (χ2v) is 5.94. The van der Waals surface area contributed by atoms with Crippen LogP contribution in [0.5, 0.6) is 0 Å². The maximum Gasteiger partial charge on any atom is 0.272 e. The highest BCUT2D eigenvalue weighted by molar-refractivity contribution is 5.94. The van der Waals surface area contributed by atoms with E-state index in [0.717, 1.165) is 37.3 Å². The molecule has 0 atom stereocenters. The van der Waals surface area contributed by atoms with E-state index in [1.54, 1.807) is 0 Å². The van der Waals surface area contributed by atoms with E-state index >= 15 is 0 Å². The number of hydrogen-bond acceptors (Lipinski definition) is 4. The summed E-state index contributed by atoms with van der Waals surface area (Å²) in [4.78, 5) is 14.5. The minimum atomic E-state index is -0.0979. The maximum absolute atomic E-state index is 12.3. The number of carbonyl (C=O) groups is 1. The van der Waals surface area contributed by atoms with Crippen molar-refractivity contribution < 1.29 is 4.79 Å². The molecule has 6 heteroatoms. The Kier molecular flexibility index (Phi) is 5.05. The topological polar surface area (TPSA) is 73.0 Å². The Hall–Kier alpha value is -2.18. The molecule has 122 valence electrons. The lowest BCUT2D eigenvalue weighted by atomic mass is 10.1. The summed E-state index contributed by atoms with van der Waals surface area (Å²) in [5.41, 5.74) is 3.88. The number of benzene rings is 1. The van der Waals surface area contributed by atoms with E-state index in [-0.39, 0.29) is 5.91 Å². The third-order valence-corrected chi connectivity index (χ3v) is 4.10. The van der Waals surface area contributed by atoms with Crippen LogP contribution >= 0.6 is 0 Å². The van der Waals surface area contributed by atoms with Gasteiger partial charge in [0.05, 0.1) is 0 Å². The highest BCUT2D eigenvalue weighted by atomic mass is 16.1. The van der Waals surface area contributed by atoms with E-state index in [1.165, 1.54) is 5.56 Å². The molecule has 0 saturated heterocycles. The molecule has 0 bridgehead atoms. The first-order valence-corrected chi connectivity index (χ1v) is 8.01. The molecule has 0 saturated carbocycles. The molecule has 1 aromatic carbocycles. The number of fused-ring (bicyclic) bond motifs is 1. The van der Waals surface area contributed by atoms with Gasteiger partial charge in [0, 0.05) is 50.4 Å². The van der Waals surface area contributed by atoms with Crippen LogP contribution in [-0.2, 0) is 19.5 Å². The predicted octanol–water partition coefficient (Wildman–Crippen LogP) is 0.917. The number of amides is 1. The summed E-state index contributed by atoms with van der Waals surface area (Å²) in [5, 5.41) is 13.4. The fourth-order valence-electron chi connectivity index (χ4n) is 2.83. The Morgan fingerprint density at radius 2 is 2.17 bits per heavy atom. The van der Waals surface area contributed by atoms with Gasteiger partial charge in [-0.1, -0.05) is 30.3 Å². The third-order valence-electron chi connectivity index (χ3n) is 4.10. The summed E-state index contributed by atoms with van der Waals surface area (Å²) in [6.07, 6.45) is 0.898. The average Bonchev–Trinajstić information content (AvgIpc) is 3.00. The molecule has 3 N–H and O–H groups in total. The summed E-state index contributed by atoms with van der Waals surface area (Å²) in [6, 6.07) is 10.3. The first-order chi connectivity index (χ1) is 11.2. The molecule has 1 aliphatic heterocycles. The van der Waals surface area contributed by atoms with Crippen LogP contribution in [0.2, 0.25) is 0 Å². The molecule has 0 unspecified atom stereocenters. The highest BCUT2D eigenvalue weighted by Crippen LogP contribution is 2.14. The van der Waals surface area contributed by atoms with Crippen molar-refractivity contribution >= 4 is 5.91 Å². The van der Waals surface area contributed by atoms with Gasteiger partial charge < -0.3 is 15.5 Å². The van der Waals surface area contributed by atoms with Gasteiger partial charge >= 0.3 is 0 Å². The van der Waals surface area contributed by atoms with Gasteiger partial charge in [0.15, 0.2) is 5.69 Å². The Morgan fingerprint density at radius 1 is 1.35 bits per heavy atom. The van der Waals surface area contributed by atoms with E-state index in [9.17, 15) is 4.79 Å². The van der Waals surface area contributed by atoms with Crippen LogP contribution in [0.15, 0.2) is 30.3 Å². The molecule has 1 aromatic heterocycles. The van der Waals surface area contributed by atoms with Crippen LogP contribution in [0, 0.1) is 0 Å². The number of nitrogens with zero attached hydrogens (tertiary/aromatic N) is 2. The van der Waals surface area contributed by atoms with Crippen LogP contribution in [0.1, 0.15) is 27.3 Å². The van der Waals surface area contributed by atoms with Crippen LogP contribution in [0.4, 0.5) is 0 Å². The zero-order valence-electron chi connectivity index (χ0n) is 13.4. The normalized spacial score (nSPS) is 13.8. The number of H-pyrrole nitrogens is 1. The summed E-state index contributed by atoms with van der Waals surface area (Å²) in [5.74, 6) is -0.0979. The lowest BCUT2D eigenvalue weighted by Gasteiger charge is -2.17. The Morgan fingerprint density at radius 3 is 3.00 bits per heavy atom. The molecule has 6 nitrogen and oxygen atoms in total. The maximum atomic E-state index is 12.3. The van der Waals surface area contributed by atoms with Gasteiger partial charge in [0.2, 0.25) is 0 Å². The second-order valence-electron chi connectivity index (χ2n) is 5.94. The lowest BCUT2D eigenvalue weighted by molar-refractivity contribution is 0.0943. The monoisotopic (exact) mass is 313 g/mol. The number of aromatic amines is 1. The molecule has 3 rings (SSSR count). The molecule has 1 amide bonds. The first-order valence-electron chi connectivity index (χ1n) is 8.01. The summed E-state index contributed by atoms with van der Waals surface area (Å²) in [7, 11) is 2.06. The zero-order chi connectivity index (χ0) is 16.1. The molecular formula is C17H23N5O. The van der Waals surface area contributed by atoms with E-state index in [4.69, 9.17) is 0 Å². The number of aromatic nitrogens is 2. The highest BCUT2D eigenvalue weighted by Gasteiger charge is 2.21. The zero-order valence-corrected chi connectivity index (χ0v) is 13.4. The van der Waals surface area contributed by atoms with Gasteiger partial charge in [0.25, 0.3) is 5.91 Å². The quantitative estimate of drug-likeness (QED) is 0.741. The molecule has 0 fully saturated rings. The fourth-order valence-corrected chi connectivity index (χ4v) is 2.83. The van der Waals surface area contributed by atoms with Crippen molar-refractivity contribution in [2.75, 3.05) is 26.7 Å². The number of carbonyl (C=O) groups excluding carboxylic acids is 1. The molecule has 0 radical (unpaired) electrons. The summed E-state index contributed by atoms with van der Waals surface area (Å²) in [6.45, 7) is 3.92. The molecule has 2 heterocycles. The van der Waals surface area contributed by atoms with Crippen molar-refractivity contribution in [3.8, 4) is 0 Å². The van der Waals surface area contributed by atoms with Gasteiger partial charge in [-0.15, -0.1) is 0 Å². The smallest absolute Gasteiger partial charge is 0.272 e. The number of rotatable bonds is 6. The molecule has 1 aliphatic rings. The van der Waals surface area contributed by atoms with Gasteiger partial charge in [-0.3, -0.25) is 9.89 Å². The molecule has 2 aromatic rings. The Balaban J connectivity index is 1.47. The average molecular weight is 313 g/mol. The van der Waals surface area contributed by atoms with Crippen LogP contribution in [-0.4, -0.2) is 47.7 Å². The van der Waals surface area contributed by atoms with Gasteiger partial charge in [-0.05, 0) is 12.6 Å². The van der Waals surface area contributed by atoms with Gasteiger partial charge in [0.1, 0.15) is 0 Å². The fraction of sp³-hybridized carbons (Fsp3) is 0.412. The number of hydrogen-bond donors (Lipinski definition) is 3.